The Morgan fingerprint density at radius 3 is 2.52 bits per heavy atom. The minimum atomic E-state index is -4.75. The Balaban J connectivity index is 1.62. The average molecular weight is 427 g/mol. The number of hydrogen-bond acceptors (Lipinski definition) is 4. The summed E-state index contributed by atoms with van der Waals surface area (Å²) in [6.45, 7) is 0.163. The fourth-order valence-corrected chi connectivity index (χ4v) is 4.62. The average Bonchev–Trinajstić information content (AvgIpc) is 3.46. The Kier molecular flexibility index (Phi) is 4.14. The lowest BCUT2D eigenvalue weighted by Gasteiger charge is -2.34. The van der Waals surface area contributed by atoms with Crippen LogP contribution in [0.1, 0.15) is 40.0 Å². The third kappa shape index (κ3) is 2.82. The summed E-state index contributed by atoms with van der Waals surface area (Å²) in [5.41, 5.74) is 1.07. The molecule has 158 valence electrons. The quantitative estimate of drug-likeness (QED) is 0.657. The maximum Gasteiger partial charge on any atom is 0.451 e. The molecule has 7 nitrogen and oxygen atoms in total. The molecule has 0 bridgehead atoms. The molecule has 1 saturated heterocycles. The van der Waals surface area contributed by atoms with Crippen LogP contribution in [0.2, 0.25) is 0 Å². The van der Waals surface area contributed by atoms with Gasteiger partial charge in [-0.3, -0.25) is 14.7 Å². The minimum absolute atomic E-state index is 0.163. The van der Waals surface area contributed by atoms with Gasteiger partial charge in [0.2, 0.25) is 17.6 Å². The number of anilines is 1. The van der Waals surface area contributed by atoms with Crippen molar-refractivity contribution in [1.29, 1.82) is 0 Å². The van der Waals surface area contributed by atoms with Crippen molar-refractivity contribution in [3.05, 3.63) is 77.4 Å². The smallest absolute Gasteiger partial charge is 0.327 e. The number of likely N-dealkylation sites (tertiary alicyclic amines) is 1. The van der Waals surface area contributed by atoms with Crippen molar-refractivity contribution >= 4 is 17.5 Å². The molecule has 1 spiro atoms. The van der Waals surface area contributed by atoms with Crippen molar-refractivity contribution < 1.29 is 22.8 Å². The number of nitrogens with zero attached hydrogens (tertiary/aromatic N) is 3. The van der Waals surface area contributed by atoms with Crippen LogP contribution < -0.4 is 5.32 Å². The molecule has 0 unspecified atom stereocenters. The number of hydrogen-bond donors (Lipinski definition) is 2. The van der Waals surface area contributed by atoms with Crippen LogP contribution in [-0.2, 0) is 16.4 Å². The summed E-state index contributed by atoms with van der Waals surface area (Å²) in [6.07, 6.45) is -4.43. The van der Waals surface area contributed by atoms with Gasteiger partial charge in [-0.25, -0.2) is 0 Å². The number of alkyl halides is 3. The molecule has 3 heterocycles. The number of H-pyrrole nitrogens is 1. The van der Waals surface area contributed by atoms with Gasteiger partial charge in [0.1, 0.15) is 5.41 Å². The van der Waals surface area contributed by atoms with Crippen molar-refractivity contribution in [2.24, 2.45) is 0 Å². The molecule has 2 N–H and O–H groups in total. The Labute approximate surface area is 174 Å². The summed E-state index contributed by atoms with van der Waals surface area (Å²) in [7, 11) is 0. The van der Waals surface area contributed by atoms with E-state index in [0.29, 0.717) is 17.7 Å². The number of aromatic amines is 1. The highest BCUT2D eigenvalue weighted by Gasteiger charge is 2.59. The van der Waals surface area contributed by atoms with E-state index in [1.165, 1.54) is 4.90 Å². The normalized spacial score (nSPS) is 22.6. The Morgan fingerprint density at radius 2 is 1.81 bits per heavy atom. The summed E-state index contributed by atoms with van der Waals surface area (Å²) in [4.78, 5) is 31.2. The fourth-order valence-electron chi connectivity index (χ4n) is 4.62. The van der Waals surface area contributed by atoms with Crippen LogP contribution in [0.15, 0.2) is 54.6 Å². The number of amides is 2. The molecule has 0 radical (unpaired) electrons. The van der Waals surface area contributed by atoms with Crippen LogP contribution >= 0.6 is 0 Å². The number of aromatic nitrogens is 3. The second-order valence-electron chi connectivity index (χ2n) is 7.54. The van der Waals surface area contributed by atoms with E-state index in [1.807, 2.05) is 18.2 Å². The van der Waals surface area contributed by atoms with E-state index in [1.54, 1.807) is 41.5 Å². The summed E-state index contributed by atoms with van der Waals surface area (Å²) < 4.78 is 38.8. The predicted octanol–water partition coefficient (Wildman–Crippen LogP) is 3.30. The first-order chi connectivity index (χ1) is 14.8. The van der Waals surface area contributed by atoms with E-state index < -0.39 is 35.2 Å². The van der Waals surface area contributed by atoms with Gasteiger partial charge in [0.15, 0.2) is 0 Å². The highest BCUT2D eigenvalue weighted by molar-refractivity contribution is 6.08. The molecule has 2 amide bonds. The van der Waals surface area contributed by atoms with E-state index in [0.717, 1.165) is 5.56 Å². The first-order valence-electron chi connectivity index (χ1n) is 9.59. The van der Waals surface area contributed by atoms with Gasteiger partial charge >= 0.3 is 6.18 Å². The molecular weight excluding hydrogens is 411 g/mol. The standard InChI is InChI=1S/C21H16F3N5O2/c22-21(23,24)18-26-16(27-28-18)17(30)29-11-10-20(15(29)12-6-2-1-3-7-12)13-8-4-5-9-14(13)25-19(20)31/h1-9,15H,10-11H2,(H,25,31)(H,26,27,28)/t15-,20+/m0/s1. The van der Waals surface area contributed by atoms with Crippen molar-refractivity contribution in [3.8, 4) is 0 Å². The fraction of sp³-hybridized carbons (Fsp3) is 0.238. The molecule has 1 fully saturated rings. The first kappa shape index (κ1) is 19.3. The molecule has 0 aliphatic carbocycles. The summed E-state index contributed by atoms with van der Waals surface area (Å²) in [6, 6.07) is 15.5. The van der Waals surface area contributed by atoms with Gasteiger partial charge in [-0.05, 0) is 23.6 Å². The van der Waals surface area contributed by atoms with E-state index in [-0.39, 0.29) is 12.5 Å². The largest absolute Gasteiger partial charge is 0.451 e. The van der Waals surface area contributed by atoms with Gasteiger partial charge in [-0.15, -0.1) is 5.10 Å². The van der Waals surface area contributed by atoms with Crippen LogP contribution in [0.25, 0.3) is 0 Å². The van der Waals surface area contributed by atoms with Gasteiger partial charge in [0.05, 0.1) is 6.04 Å². The third-order valence-electron chi connectivity index (χ3n) is 5.91. The van der Waals surface area contributed by atoms with E-state index in [9.17, 15) is 22.8 Å². The number of nitrogens with one attached hydrogen (secondary N) is 2. The lowest BCUT2D eigenvalue weighted by Crippen LogP contribution is -2.42. The third-order valence-corrected chi connectivity index (χ3v) is 5.91. The molecule has 5 rings (SSSR count). The molecule has 1 aromatic heterocycles. The van der Waals surface area contributed by atoms with Gasteiger partial charge in [-0.1, -0.05) is 48.5 Å². The minimum Gasteiger partial charge on any atom is -0.327 e. The number of fused-ring (bicyclic) bond motifs is 2. The maximum atomic E-state index is 13.2. The molecule has 2 aliphatic heterocycles. The second kappa shape index (κ2) is 6.66. The zero-order chi connectivity index (χ0) is 21.8. The molecule has 0 saturated carbocycles. The second-order valence-corrected chi connectivity index (χ2v) is 7.54. The first-order valence-corrected chi connectivity index (χ1v) is 9.59. The SMILES string of the molecule is O=C(c1n[nH]c(C(F)(F)F)n1)N1CC[C@]2(C(=O)Nc3ccccc32)[C@@H]1c1ccccc1. The maximum absolute atomic E-state index is 13.2. The van der Waals surface area contributed by atoms with Crippen molar-refractivity contribution in [2.45, 2.75) is 24.1 Å². The van der Waals surface area contributed by atoms with Crippen molar-refractivity contribution in [3.63, 3.8) is 0 Å². The molecule has 31 heavy (non-hydrogen) atoms. The molecule has 2 atom stereocenters. The zero-order valence-corrected chi connectivity index (χ0v) is 16.0. The highest BCUT2D eigenvalue weighted by Crippen LogP contribution is 2.54. The van der Waals surface area contributed by atoms with Crippen LogP contribution in [0, 0.1) is 0 Å². The number of carbonyl (C=O) groups is 2. The predicted molar refractivity (Wildman–Crippen MR) is 103 cm³/mol. The van der Waals surface area contributed by atoms with Gasteiger partial charge in [-0.2, -0.15) is 18.2 Å². The van der Waals surface area contributed by atoms with Crippen LogP contribution in [0.5, 0.6) is 0 Å². The van der Waals surface area contributed by atoms with E-state index >= 15 is 0 Å². The molecule has 10 heteroatoms. The Morgan fingerprint density at radius 1 is 1.10 bits per heavy atom. The Hall–Kier alpha value is -3.69. The van der Waals surface area contributed by atoms with E-state index in [2.05, 4.69) is 15.4 Å². The van der Waals surface area contributed by atoms with Crippen LogP contribution in [0.4, 0.5) is 18.9 Å². The van der Waals surface area contributed by atoms with Crippen LogP contribution in [-0.4, -0.2) is 38.4 Å². The summed E-state index contributed by atoms with van der Waals surface area (Å²) in [5.74, 6) is -2.94. The van der Waals surface area contributed by atoms with E-state index in [4.69, 9.17) is 0 Å². The van der Waals surface area contributed by atoms with Gasteiger partial charge < -0.3 is 10.2 Å². The van der Waals surface area contributed by atoms with Crippen molar-refractivity contribution in [2.75, 3.05) is 11.9 Å². The summed E-state index contributed by atoms with van der Waals surface area (Å²) in [5, 5.41) is 8.15. The highest BCUT2D eigenvalue weighted by atomic mass is 19.4. The van der Waals surface area contributed by atoms with Crippen molar-refractivity contribution in [1.82, 2.24) is 20.1 Å². The molecular formula is C21H16F3N5O2. The molecule has 3 aromatic rings. The number of carbonyl (C=O) groups excluding carboxylic acids is 2. The Bertz CT molecular complexity index is 1180. The van der Waals surface area contributed by atoms with Gasteiger partial charge in [0.25, 0.3) is 5.91 Å². The lowest BCUT2D eigenvalue weighted by atomic mass is 9.72. The molecule has 2 aromatic carbocycles. The zero-order valence-electron chi connectivity index (χ0n) is 16.0. The van der Waals surface area contributed by atoms with Gasteiger partial charge in [0, 0.05) is 12.2 Å². The van der Waals surface area contributed by atoms with Crippen LogP contribution in [0.3, 0.4) is 0 Å². The number of rotatable bonds is 2. The topological polar surface area (TPSA) is 91.0 Å². The number of halogens is 3. The number of para-hydroxylation sites is 1. The monoisotopic (exact) mass is 427 g/mol. The number of benzene rings is 2. The summed E-state index contributed by atoms with van der Waals surface area (Å²) >= 11 is 0. The lowest BCUT2D eigenvalue weighted by molar-refractivity contribution is -0.144. The molecule has 2 aliphatic rings.